The van der Waals surface area contributed by atoms with Crippen LogP contribution in [0.5, 0.6) is 0 Å². The van der Waals surface area contributed by atoms with Crippen LogP contribution in [0.2, 0.25) is 0 Å². The normalized spacial score (nSPS) is 13.7. The van der Waals surface area contributed by atoms with E-state index >= 15 is 0 Å². The molecule has 6 nitrogen and oxygen atoms in total. The largest absolute Gasteiger partial charge is 0.391 e. The predicted molar refractivity (Wildman–Crippen MR) is 79.2 cm³/mol. The van der Waals surface area contributed by atoms with E-state index in [1.54, 1.807) is 29.4 Å². The van der Waals surface area contributed by atoms with Gasteiger partial charge >= 0.3 is 0 Å². The van der Waals surface area contributed by atoms with Crippen LogP contribution < -0.4 is 5.32 Å². The van der Waals surface area contributed by atoms with Gasteiger partial charge in [-0.1, -0.05) is 20.3 Å². The number of nitrogens with zero attached hydrogens (tertiary/aromatic N) is 3. The molecule has 1 aromatic heterocycles. The highest BCUT2D eigenvalue weighted by Gasteiger charge is 2.14. The minimum atomic E-state index is -0.518. The summed E-state index contributed by atoms with van der Waals surface area (Å²) in [5.74, 6) is -0.0194. The lowest BCUT2D eigenvalue weighted by Gasteiger charge is -2.17. The molecule has 0 aliphatic heterocycles. The minimum Gasteiger partial charge on any atom is -0.391 e. The summed E-state index contributed by atoms with van der Waals surface area (Å²) in [7, 11) is 0. The van der Waals surface area contributed by atoms with Gasteiger partial charge in [-0.05, 0) is 30.2 Å². The fourth-order valence-electron chi connectivity index (χ4n) is 1.89. The molecule has 0 spiro atoms. The lowest BCUT2D eigenvalue weighted by Crippen LogP contribution is -2.35. The third-order valence-electron chi connectivity index (χ3n) is 3.62. The summed E-state index contributed by atoms with van der Waals surface area (Å²) in [6.07, 6.45) is 3.55. The van der Waals surface area contributed by atoms with Crippen molar-refractivity contribution in [1.29, 1.82) is 0 Å². The van der Waals surface area contributed by atoms with Crippen molar-refractivity contribution in [3.05, 3.63) is 42.5 Å². The van der Waals surface area contributed by atoms with Gasteiger partial charge in [0, 0.05) is 17.8 Å². The summed E-state index contributed by atoms with van der Waals surface area (Å²) in [6.45, 7) is 4.24. The second kappa shape index (κ2) is 6.99. The Bertz CT molecular complexity index is 566. The Hall–Kier alpha value is -2.21. The van der Waals surface area contributed by atoms with Gasteiger partial charge in [-0.3, -0.25) is 9.36 Å². The molecule has 2 N–H and O–H groups in total. The highest BCUT2D eigenvalue weighted by Crippen LogP contribution is 2.09. The number of hydrogen-bond donors (Lipinski definition) is 2. The number of nitrogens with one attached hydrogen (secondary N) is 1. The molecular formula is C15H20N4O2. The van der Waals surface area contributed by atoms with Crippen molar-refractivity contribution in [3.8, 4) is 5.69 Å². The molecule has 2 rings (SSSR count). The Kier molecular flexibility index (Phi) is 5.05. The Morgan fingerprint density at radius 3 is 2.48 bits per heavy atom. The average Bonchev–Trinajstić information content (AvgIpc) is 3.06. The molecule has 0 saturated carbocycles. The maximum atomic E-state index is 12.0. The summed E-state index contributed by atoms with van der Waals surface area (Å²) < 4.78 is 1.76. The first-order chi connectivity index (χ1) is 10.1. The number of rotatable bonds is 6. The monoisotopic (exact) mass is 288 g/mol. The maximum absolute atomic E-state index is 12.0. The van der Waals surface area contributed by atoms with E-state index in [1.807, 2.05) is 26.0 Å². The summed E-state index contributed by atoms with van der Waals surface area (Å²) in [4.78, 5) is 12.0. The van der Waals surface area contributed by atoms with Crippen LogP contribution in [-0.4, -0.2) is 38.4 Å². The van der Waals surface area contributed by atoms with E-state index < -0.39 is 6.10 Å². The van der Waals surface area contributed by atoms with Gasteiger partial charge in [0.15, 0.2) is 0 Å². The van der Waals surface area contributed by atoms with Crippen LogP contribution in [0.15, 0.2) is 36.9 Å². The number of benzene rings is 1. The molecule has 0 bridgehead atoms. The van der Waals surface area contributed by atoms with Gasteiger partial charge in [-0.25, -0.2) is 0 Å². The summed E-state index contributed by atoms with van der Waals surface area (Å²) in [6, 6.07) is 7.12. The SMILES string of the molecule is CCC(C)C(O)CNC(=O)c1ccc(-n2cnnc2)cc1. The fourth-order valence-corrected chi connectivity index (χ4v) is 1.89. The zero-order chi connectivity index (χ0) is 15.2. The molecule has 1 aromatic carbocycles. The Morgan fingerprint density at radius 2 is 1.90 bits per heavy atom. The highest BCUT2D eigenvalue weighted by atomic mass is 16.3. The van der Waals surface area contributed by atoms with Gasteiger partial charge in [0.05, 0.1) is 6.10 Å². The Labute approximate surface area is 123 Å². The van der Waals surface area contributed by atoms with E-state index in [2.05, 4.69) is 15.5 Å². The zero-order valence-electron chi connectivity index (χ0n) is 12.2. The van der Waals surface area contributed by atoms with Crippen LogP contribution >= 0.6 is 0 Å². The van der Waals surface area contributed by atoms with Gasteiger partial charge in [0.2, 0.25) is 0 Å². The minimum absolute atomic E-state index is 0.168. The van der Waals surface area contributed by atoms with Gasteiger partial charge in [0.25, 0.3) is 5.91 Å². The molecular weight excluding hydrogens is 268 g/mol. The van der Waals surface area contributed by atoms with Gasteiger partial charge in [-0.2, -0.15) is 0 Å². The smallest absolute Gasteiger partial charge is 0.251 e. The van der Waals surface area contributed by atoms with Crippen LogP contribution in [0.3, 0.4) is 0 Å². The van der Waals surface area contributed by atoms with Gasteiger partial charge in [-0.15, -0.1) is 10.2 Å². The summed E-state index contributed by atoms with van der Waals surface area (Å²) >= 11 is 0. The van der Waals surface area contributed by atoms with Crippen LogP contribution in [0.4, 0.5) is 0 Å². The number of hydrogen-bond acceptors (Lipinski definition) is 4. The van der Waals surface area contributed by atoms with Gasteiger partial charge < -0.3 is 10.4 Å². The van der Waals surface area contributed by atoms with E-state index in [9.17, 15) is 9.90 Å². The number of amides is 1. The van der Waals surface area contributed by atoms with E-state index in [1.165, 1.54) is 0 Å². The van der Waals surface area contributed by atoms with Crippen molar-refractivity contribution in [2.24, 2.45) is 5.92 Å². The molecule has 2 aromatic rings. The van der Waals surface area contributed by atoms with E-state index in [0.29, 0.717) is 5.56 Å². The second-order valence-corrected chi connectivity index (χ2v) is 5.08. The van der Waals surface area contributed by atoms with E-state index in [-0.39, 0.29) is 18.4 Å². The van der Waals surface area contributed by atoms with Crippen LogP contribution in [0, 0.1) is 5.92 Å². The molecule has 0 fully saturated rings. The average molecular weight is 288 g/mol. The first kappa shape index (κ1) is 15.2. The third-order valence-corrected chi connectivity index (χ3v) is 3.62. The molecule has 0 aliphatic carbocycles. The molecule has 0 radical (unpaired) electrons. The highest BCUT2D eigenvalue weighted by molar-refractivity contribution is 5.94. The third kappa shape index (κ3) is 3.88. The number of aromatic nitrogens is 3. The van der Waals surface area contributed by atoms with E-state index in [4.69, 9.17) is 0 Å². The molecule has 0 aliphatic rings. The first-order valence-corrected chi connectivity index (χ1v) is 7.03. The molecule has 112 valence electrons. The Morgan fingerprint density at radius 1 is 1.29 bits per heavy atom. The quantitative estimate of drug-likeness (QED) is 0.842. The fraction of sp³-hybridized carbons (Fsp3) is 0.400. The van der Waals surface area contributed by atoms with Crippen molar-refractivity contribution < 1.29 is 9.90 Å². The molecule has 1 heterocycles. The lowest BCUT2D eigenvalue weighted by molar-refractivity contribution is 0.0850. The van der Waals surface area contributed by atoms with Crippen molar-refractivity contribution >= 4 is 5.91 Å². The molecule has 0 saturated heterocycles. The summed E-state index contributed by atoms with van der Waals surface area (Å²) in [5.41, 5.74) is 1.44. The van der Waals surface area contributed by atoms with Crippen molar-refractivity contribution in [2.45, 2.75) is 26.4 Å². The molecule has 6 heteroatoms. The number of carbonyl (C=O) groups excluding carboxylic acids is 1. The Balaban J connectivity index is 1.94. The zero-order valence-corrected chi connectivity index (χ0v) is 12.2. The maximum Gasteiger partial charge on any atom is 0.251 e. The predicted octanol–water partition coefficient (Wildman–Crippen LogP) is 1.40. The lowest BCUT2D eigenvalue weighted by atomic mass is 10.0. The second-order valence-electron chi connectivity index (χ2n) is 5.08. The van der Waals surface area contributed by atoms with Crippen LogP contribution in [-0.2, 0) is 0 Å². The van der Waals surface area contributed by atoms with Crippen molar-refractivity contribution in [2.75, 3.05) is 6.54 Å². The number of aliphatic hydroxyl groups is 1. The van der Waals surface area contributed by atoms with E-state index in [0.717, 1.165) is 12.1 Å². The van der Waals surface area contributed by atoms with Crippen LogP contribution in [0.25, 0.3) is 5.69 Å². The topological polar surface area (TPSA) is 80.0 Å². The van der Waals surface area contributed by atoms with Gasteiger partial charge in [0.1, 0.15) is 12.7 Å². The number of aliphatic hydroxyl groups excluding tert-OH is 1. The van der Waals surface area contributed by atoms with Crippen molar-refractivity contribution in [1.82, 2.24) is 20.1 Å². The molecule has 21 heavy (non-hydrogen) atoms. The molecule has 1 amide bonds. The number of carbonyl (C=O) groups is 1. The molecule has 2 unspecified atom stereocenters. The van der Waals surface area contributed by atoms with Crippen LogP contribution in [0.1, 0.15) is 30.6 Å². The van der Waals surface area contributed by atoms with Crippen molar-refractivity contribution in [3.63, 3.8) is 0 Å². The molecule has 2 atom stereocenters. The standard InChI is InChI=1S/C15H20N4O2/c1-3-11(2)14(20)8-16-15(21)12-4-6-13(7-5-12)19-9-17-18-10-19/h4-7,9-11,14,20H,3,8H2,1-2H3,(H,16,21). The first-order valence-electron chi connectivity index (χ1n) is 7.03. The summed E-state index contributed by atoms with van der Waals surface area (Å²) in [5, 5.41) is 20.1.